The lowest BCUT2D eigenvalue weighted by molar-refractivity contribution is 0.0744. The number of nitrogen functional groups attached to an aromatic ring is 1. The van der Waals surface area contributed by atoms with Crippen LogP contribution in [0, 0.1) is 12.8 Å². The van der Waals surface area contributed by atoms with Gasteiger partial charge in [0.25, 0.3) is 5.91 Å². The highest BCUT2D eigenvalue weighted by molar-refractivity contribution is 5.99. The maximum atomic E-state index is 12.3. The summed E-state index contributed by atoms with van der Waals surface area (Å²) in [5.74, 6) is 0.863. The summed E-state index contributed by atoms with van der Waals surface area (Å²) in [5.41, 5.74) is 6.97. The fraction of sp³-hybridized carbons (Fsp3) is 0.636. The highest BCUT2D eigenvalue weighted by Gasteiger charge is 2.32. The Balaban J connectivity index is 2.26. The van der Waals surface area contributed by atoms with E-state index in [0.29, 0.717) is 17.3 Å². The van der Waals surface area contributed by atoms with Crippen molar-refractivity contribution in [3.05, 3.63) is 11.3 Å². The number of nitrogens with one attached hydrogen (secondary N) is 1. The van der Waals surface area contributed by atoms with Gasteiger partial charge in [-0.1, -0.05) is 6.92 Å². The van der Waals surface area contributed by atoms with E-state index in [1.54, 1.807) is 0 Å². The third-order valence-corrected chi connectivity index (χ3v) is 3.23. The van der Waals surface area contributed by atoms with E-state index < -0.39 is 0 Å². The third-order valence-electron chi connectivity index (χ3n) is 3.23. The van der Waals surface area contributed by atoms with E-state index in [4.69, 9.17) is 5.73 Å². The Morgan fingerprint density at radius 3 is 2.69 bits per heavy atom. The van der Waals surface area contributed by atoms with Crippen LogP contribution in [0.4, 0.5) is 5.82 Å². The molecule has 2 atom stereocenters. The second-order valence-electron chi connectivity index (χ2n) is 4.76. The molecule has 1 aromatic rings. The third kappa shape index (κ3) is 1.66. The van der Waals surface area contributed by atoms with Crippen LogP contribution < -0.4 is 5.73 Å². The zero-order valence-electron chi connectivity index (χ0n) is 9.95. The van der Waals surface area contributed by atoms with Crippen molar-refractivity contribution < 1.29 is 4.79 Å². The largest absolute Gasteiger partial charge is 0.382 e. The number of aromatic amines is 1. The molecule has 1 aromatic heterocycles. The summed E-state index contributed by atoms with van der Waals surface area (Å²) >= 11 is 0. The van der Waals surface area contributed by atoms with Gasteiger partial charge in [0.05, 0.1) is 0 Å². The van der Waals surface area contributed by atoms with Crippen LogP contribution >= 0.6 is 0 Å². The van der Waals surface area contributed by atoms with Gasteiger partial charge in [-0.2, -0.15) is 5.10 Å². The molecule has 5 nitrogen and oxygen atoms in total. The van der Waals surface area contributed by atoms with Crippen LogP contribution in [0.15, 0.2) is 0 Å². The highest BCUT2D eigenvalue weighted by Crippen LogP contribution is 2.26. The number of nitrogens with two attached hydrogens (primary N) is 1. The van der Waals surface area contributed by atoms with Crippen molar-refractivity contribution in [3.63, 3.8) is 0 Å². The smallest absolute Gasteiger partial charge is 0.259 e. The van der Waals surface area contributed by atoms with Crippen molar-refractivity contribution in [1.82, 2.24) is 15.1 Å². The number of nitrogens with zero attached hydrogens (tertiary/aromatic N) is 2. The molecule has 88 valence electrons. The molecule has 0 aliphatic carbocycles. The van der Waals surface area contributed by atoms with Gasteiger partial charge in [0, 0.05) is 18.3 Å². The Labute approximate surface area is 95.0 Å². The zero-order valence-corrected chi connectivity index (χ0v) is 9.95. The molecule has 16 heavy (non-hydrogen) atoms. The van der Waals surface area contributed by atoms with Crippen molar-refractivity contribution in [2.75, 3.05) is 12.3 Å². The Hall–Kier alpha value is -1.52. The van der Waals surface area contributed by atoms with Gasteiger partial charge in [-0.25, -0.2) is 0 Å². The van der Waals surface area contributed by atoms with Crippen LogP contribution in [0.5, 0.6) is 0 Å². The van der Waals surface area contributed by atoms with Crippen molar-refractivity contribution in [3.8, 4) is 0 Å². The Bertz CT molecular complexity index is 393. The minimum absolute atomic E-state index is 0.000556. The summed E-state index contributed by atoms with van der Waals surface area (Å²) in [5, 5.41) is 6.60. The molecule has 0 spiro atoms. The molecule has 0 bridgehead atoms. The first-order valence-corrected chi connectivity index (χ1v) is 5.62. The molecule has 1 aliphatic rings. The Morgan fingerprint density at radius 1 is 1.56 bits per heavy atom. The standard InChI is InChI=1S/C11H18N4O/c1-6-4-7(2)15(5-6)11(16)9-8(3)13-14-10(9)12/h6-7H,4-5H2,1-3H3,(H3,12,13,14). The molecule has 1 saturated heterocycles. The van der Waals surface area contributed by atoms with E-state index in [-0.39, 0.29) is 11.9 Å². The number of carbonyl (C=O) groups is 1. The quantitative estimate of drug-likeness (QED) is 0.749. The molecule has 0 saturated carbocycles. The molecule has 1 amide bonds. The molecule has 2 heterocycles. The normalized spacial score (nSPS) is 25.1. The van der Waals surface area contributed by atoms with Gasteiger partial charge >= 0.3 is 0 Å². The van der Waals surface area contributed by atoms with Gasteiger partial charge < -0.3 is 10.6 Å². The monoisotopic (exact) mass is 222 g/mol. The number of H-pyrrole nitrogens is 1. The van der Waals surface area contributed by atoms with Crippen LogP contribution in [0.2, 0.25) is 0 Å². The number of likely N-dealkylation sites (tertiary alicyclic amines) is 1. The van der Waals surface area contributed by atoms with Crippen LogP contribution in [0.3, 0.4) is 0 Å². The van der Waals surface area contributed by atoms with Crippen LogP contribution in [0.1, 0.15) is 36.3 Å². The molecular formula is C11H18N4O. The lowest BCUT2D eigenvalue weighted by atomic mass is 10.1. The Morgan fingerprint density at radius 2 is 2.25 bits per heavy atom. The van der Waals surface area contributed by atoms with E-state index in [1.807, 2.05) is 11.8 Å². The predicted octanol–water partition coefficient (Wildman–Crippen LogP) is 1.17. The van der Waals surface area contributed by atoms with Crippen LogP contribution in [0.25, 0.3) is 0 Å². The van der Waals surface area contributed by atoms with Gasteiger partial charge in [-0.05, 0) is 26.2 Å². The number of aryl methyl sites for hydroxylation is 1. The van der Waals surface area contributed by atoms with Crippen LogP contribution in [-0.4, -0.2) is 33.6 Å². The fourth-order valence-corrected chi connectivity index (χ4v) is 2.44. The number of amides is 1. The molecular weight excluding hydrogens is 204 g/mol. The lowest BCUT2D eigenvalue weighted by Gasteiger charge is -2.21. The number of aromatic nitrogens is 2. The van der Waals surface area contributed by atoms with E-state index in [1.165, 1.54) is 0 Å². The molecule has 3 N–H and O–H groups in total. The number of hydrogen-bond acceptors (Lipinski definition) is 3. The summed E-state index contributed by atoms with van der Waals surface area (Å²) in [6.07, 6.45) is 1.06. The van der Waals surface area contributed by atoms with Crippen molar-refractivity contribution in [2.24, 2.45) is 5.92 Å². The summed E-state index contributed by atoms with van der Waals surface area (Å²) in [7, 11) is 0. The number of anilines is 1. The Kier molecular flexibility index (Phi) is 2.61. The van der Waals surface area contributed by atoms with Gasteiger partial charge in [0.15, 0.2) is 5.82 Å². The fourth-order valence-electron chi connectivity index (χ4n) is 2.44. The minimum atomic E-state index is 0.000556. The van der Waals surface area contributed by atoms with Crippen molar-refractivity contribution in [1.29, 1.82) is 0 Å². The molecule has 0 aromatic carbocycles. The van der Waals surface area contributed by atoms with E-state index in [2.05, 4.69) is 24.0 Å². The maximum absolute atomic E-state index is 12.3. The molecule has 5 heteroatoms. The van der Waals surface area contributed by atoms with Crippen molar-refractivity contribution >= 4 is 11.7 Å². The SMILES string of the molecule is Cc1[nH]nc(N)c1C(=O)N1CC(C)CC1C. The first-order valence-electron chi connectivity index (χ1n) is 5.62. The first-order chi connectivity index (χ1) is 7.50. The maximum Gasteiger partial charge on any atom is 0.259 e. The minimum Gasteiger partial charge on any atom is -0.382 e. The average molecular weight is 222 g/mol. The summed E-state index contributed by atoms with van der Waals surface area (Å²) in [6, 6.07) is 0.288. The van der Waals surface area contributed by atoms with Gasteiger partial charge in [0.1, 0.15) is 5.56 Å². The molecule has 1 fully saturated rings. The highest BCUT2D eigenvalue weighted by atomic mass is 16.2. The number of hydrogen-bond donors (Lipinski definition) is 2. The van der Waals surface area contributed by atoms with E-state index in [0.717, 1.165) is 18.7 Å². The first kappa shape index (κ1) is 11.0. The van der Waals surface area contributed by atoms with E-state index >= 15 is 0 Å². The molecule has 2 rings (SSSR count). The molecule has 2 unspecified atom stereocenters. The van der Waals surface area contributed by atoms with Gasteiger partial charge in [-0.3, -0.25) is 9.89 Å². The molecule has 1 aliphatic heterocycles. The number of rotatable bonds is 1. The predicted molar refractivity (Wildman–Crippen MR) is 62.0 cm³/mol. The van der Waals surface area contributed by atoms with Gasteiger partial charge in [-0.15, -0.1) is 0 Å². The zero-order chi connectivity index (χ0) is 11.9. The van der Waals surface area contributed by atoms with Crippen LogP contribution in [-0.2, 0) is 0 Å². The second kappa shape index (κ2) is 3.81. The van der Waals surface area contributed by atoms with E-state index in [9.17, 15) is 4.79 Å². The summed E-state index contributed by atoms with van der Waals surface area (Å²) < 4.78 is 0. The number of carbonyl (C=O) groups excluding carboxylic acids is 1. The lowest BCUT2D eigenvalue weighted by Crippen LogP contribution is -2.34. The average Bonchev–Trinajstić information content (AvgIpc) is 2.70. The van der Waals surface area contributed by atoms with Gasteiger partial charge in [0.2, 0.25) is 0 Å². The summed E-state index contributed by atoms with van der Waals surface area (Å²) in [4.78, 5) is 14.2. The molecule has 0 radical (unpaired) electrons. The summed E-state index contributed by atoms with van der Waals surface area (Å²) in [6.45, 7) is 6.87. The topological polar surface area (TPSA) is 75.0 Å². The van der Waals surface area contributed by atoms with Crippen molar-refractivity contribution in [2.45, 2.75) is 33.2 Å². The second-order valence-corrected chi connectivity index (χ2v) is 4.76.